The van der Waals surface area contributed by atoms with Crippen LogP contribution in [0.2, 0.25) is 13.6 Å². The van der Waals surface area contributed by atoms with E-state index in [9.17, 15) is 0 Å². The van der Waals surface area contributed by atoms with E-state index in [1.165, 1.54) is 0 Å². The smallest absolute Gasteiger partial charge is 0.0368 e. The predicted octanol–water partition coefficient (Wildman–Crippen LogP) is 2.53. The van der Waals surface area contributed by atoms with Crippen molar-refractivity contribution < 1.29 is 0 Å². The minimum Gasteiger partial charge on any atom is -0.0368 e. The molecule has 0 spiro atoms. The number of hydrogen-bond acceptors (Lipinski definition) is 1. The second-order valence-corrected chi connectivity index (χ2v) is 9.21. The fourth-order valence-corrected chi connectivity index (χ4v) is 0. The highest BCUT2D eigenvalue weighted by Crippen LogP contribution is 2.33. The lowest BCUT2D eigenvalue weighted by Crippen LogP contribution is -1.84. The monoisotopic (exact) mass is 231 g/mol. The van der Waals surface area contributed by atoms with Gasteiger partial charge >= 0.3 is 6.43 Å². The highest BCUT2D eigenvalue weighted by Gasteiger charge is 2.16. The van der Waals surface area contributed by atoms with Gasteiger partial charge in [0.1, 0.15) is 11.8 Å². The van der Waals surface area contributed by atoms with Gasteiger partial charge in [0, 0.05) is 0 Å². The molecular weight excluding hydrogens is 225 g/mol. The summed E-state index contributed by atoms with van der Waals surface area (Å²) < 4.78 is -0.106. The summed E-state index contributed by atoms with van der Waals surface area (Å²) >= 11 is 7.27. The Balaban J connectivity index is 3.26. The Hall–Kier alpha value is 1.31. The van der Waals surface area contributed by atoms with E-state index in [-0.39, 0.29) is 4.22 Å². The van der Waals surface area contributed by atoms with Crippen molar-refractivity contribution in [1.29, 1.82) is 0 Å². The Kier molecular flexibility index (Phi) is 4.06. The van der Waals surface area contributed by atoms with Gasteiger partial charge in [0.25, 0.3) is 0 Å². The summed E-state index contributed by atoms with van der Waals surface area (Å²) in [5.41, 5.74) is 0. The van der Waals surface area contributed by atoms with Gasteiger partial charge in [0.15, 0.2) is 4.22 Å². The first-order valence-corrected chi connectivity index (χ1v) is 6.97. The lowest BCUT2D eigenvalue weighted by molar-refractivity contribution is 2.11. The van der Waals surface area contributed by atoms with Crippen LogP contribution in [0.15, 0.2) is 0 Å². The SMILES string of the molecule is CB(C)[P+](=S)I. The van der Waals surface area contributed by atoms with Gasteiger partial charge in [-0.15, -0.1) is 0 Å². The van der Waals surface area contributed by atoms with E-state index >= 15 is 0 Å². The van der Waals surface area contributed by atoms with Crippen LogP contribution in [0.5, 0.6) is 0 Å². The lowest BCUT2D eigenvalue weighted by Gasteiger charge is -1.70. The molecule has 0 N–H and O–H groups in total. The molecule has 0 aliphatic rings. The largest absolute Gasteiger partial charge is 0.422 e. The number of rotatable bonds is 1. The average molecular weight is 231 g/mol. The van der Waals surface area contributed by atoms with Crippen molar-refractivity contribution in [3.8, 4) is 0 Å². The van der Waals surface area contributed by atoms with Crippen LogP contribution in [0.1, 0.15) is 0 Å². The topological polar surface area (TPSA) is 0 Å². The van der Waals surface area contributed by atoms with Crippen LogP contribution in [0.25, 0.3) is 0 Å². The molecule has 0 aromatic carbocycles. The summed E-state index contributed by atoms with van der Waals surface area (Å²) in [6, 6.07) is 0. The molecule has 0 aliphatic carbocycles. The summed E-state index contributed by atoms with van der Waals surface area (Å²) in [6.45, 7) is 4.32. The van der Waals surface area contributed by atoms with Gasteiger partial charge in [0.2, 0.25) is 22.0 Å². The Morgan fingerprint density at radius 1 is 1.67 bits per heavy atom. The Morgan fingerprint density at radius 3 is 1.83 bits per heavy atom. The maximum Gasteiger partial charge on any atom is 0.422 e. The summed E-state index contributed by atoms with van der Waals surface area (Å²) in [4.78, 5) is 0. The van der Waals surface area contributed by atoms with Gasteiger partial charge in [-0.25, -0.2) is 0 Å². The molecule has 0 rings (SSSR count). The van der Waals surface area contributed by atoms with E-state index in [1.54, 1.807) is 0 Å². The molecule has 0 bridgehead atoms. The van der Waals surface area contributed by atoms with Crippen LogP contribution in [0.4, 0.5) is 0 Å². The van der Waals surface area contributed by atoms with Gasteiger partial charge < -0.3 is 0 Å². The first-order chi connectivity index (χ1) is 2.64. The average Bonchev–Trinajstić information content (AvgIpc) is 1.36. The molecule has 1 atom stereocenters. The highest BCUT2D eigenvalue weighted by molar-refractivity contribution is 14.2. The van der Waals surface area contributed by atoms with Gasteiger partial charge in [-0.2, -0.15) is 0 Å². The molecule has 0 saturated heterocycles. The molecule has 0 radical (unpaired) electrons. The summed E-state index contributed by atoms with van der Waals surface area (Å²) in [5, 5.41) is 0. The molecule has 0 aromatic rings. The van der Waals surface area contributed by atoms with Crippen molar-refractivity contribution in [2.75, 3.05) is 0 Å². The van der Waals surface area contributed by atoms with Crippen molar-refractivity contribution in [1.82, 2.24) is 0 Å². The van der Waals surface area contributed by atoms with E-state index < -0.39 is 0 Å². The van der Waals surface area contributed by atoms with Crippen LogP contribution in [0.3, 0.4) is 0 Å². The van der Waals surface area contributed by atoms with Gasteiger partial charge in [-0.05, 0) is 13.6 Å². The molecule has 0 heterocycles. The zero-order chi connectivity index (χ0) is 5.15. The fraction of sp³-hybridized carbons (Fsp3) is 1.00. The minimum absolute atomic E-state index is 0.106. The van der Waals surface area contributed by atoms with Crippen molar-refractivity contribution in [3.05, 3.63) is 0 Å². The molecule has 1 unspecified atom stereocenters. The fourth-order valence-electron chi connectivity index (χ4n) is 0. The molecular formula is C2H6BIPS+. The Labute approximate surface area is 58.0 Å². The third-order valence-electron chi connectivity index (χ3n) is 0.406. The number of hydrogen-bond donors (Lipinski definition) is 0. The van der Waals surface area contributed by atoms with Crippen LogP contribution < -0.4 is 0 Å². The third-order valence-corrected chi connectivity index (χ3v) is 5.83. The first kappa shape index (κ1) is 7.31. The normalized spacial score (nSPS) is 10.8. The summed E-state index contributed by atoms with van der Waals surface area (Å²) in [6.07, 6.45) is 0.718. The Morgan fingerprint density at radius 2 is 1.83 bits per heavy atom. The molecule has 0 nitrogen and oxygen atoms in total. The molecule has 34 valence electrons. The van der Waals surface area contributed by atoms with Crippen molar-refractivity contribution in [2.45, 2.75) is 13.6 Å². The third kappa shape index (κ3) is 3.50. The predicted molar refractivity (Wildman–Crippen MR) is 45.8 cm³/mol. The van der Waals surface area contributed by atoms with E-state index in [1.807, 2.05) is 0 Å². The van der Waals surface area contributed by atoms with Gasteiger partial charge in [0.05, 0.1) is 0 Å². The maximum atomic E-state index is 4.95. The quantitative estimate of drug-likeness (QED) is 0.379. The molecule has 0 aromatic heterocycles. The molecule has 6 heavy (non-hydrogen) atoms. The molecule has 4 heteroatoms. The van der Waals surface area contributed by atoms with Crippen LogP contribution in [-0.2, 0) is 11.8 Å². The zero-order valence-corrected chi connectivity index (χ0v) is 7.68. The van der Waals surface area contributed by atoms with Crippen LogP contribution >= 0.6 is 26.3 Å². The second-order valence-electron chi connectivity index (χ2n) is 1.37. The highest BCUT2D eigenvalue weighted by atomic mass is 127. The second kappa shape index (κ2) is 3.33. The van der Waals surface area contributed by atoms with E-state index in [2.05, 4.69) is 35.7 Å². The Bertz CT molecular complexity index is 64.6. The van der Waals surface area contributed by atoms with Gasteiger partial charge in [-0.1, -0.05) is 0 Å². The standard InChI is InChI=1S/C2H6BIPS/c1-3(2)5(4)6/h1-2H3/q+1. The summed E-state index contributed by atoms with van der Waals surface area (Å²) in [7, 11) is 0. The van der Waals surface area contributed by atoms with Crippen molar-refractivity contribution >= 4 is 44.5 Å². The lowest BCUT2D eigenvalue weighted by atomic mass is 9.84. The summed E-state index contributed by atoms with van der Waals surface area (Å²) in [5.74, 6) is 0. The zero-order valence-electron chi connectivity index (χ0n) is 3.81. The van der Waals surface area contributed by atoms with Crippen molar-refractivity contribution in [3.63, 3.8) is 0 Å². The molecule has 0 fully saturated rings. The van der Waals surface area contributed by atoms with E-state index in [4.69, 9.17) is 11.8 Å². The number of halogens is 1. The minimum atomic E-state index is -0.106. The van der Waals surface area contributed by atoms with E-state index in [0.717, 1.165) is 6.43 Å². The first-order valence-electron chi connectivity index (χ1n) is 1.76. The molecule has 0 aliphatic heterocycles. The van der Waals surface area contributed by atoms with Gasteiger partial charge in [-0.3, -0.25) is 0 Å². The van der Waals surface area contributed by atoms with Crippen LogP contribution in [-0.4, -0.2) is 6.43 Å². The van der Waals surface area contributed by atoms with E-state index in [0.29, 0.717) is 0 Å². The molecule has 0 saturated carbocycles. The van der Waals surface area contributed by atoms with Crippen LogP contribution in [0, 0.1) is 0 Å². The van der Waals surface area contributed by atoms with Crippen molar-refractivity contribution in [2.24, 2.45) is 0 Å². The molecule has 0 amide bonds. The maximum absolute atomic E-state index is 4.95.